The summed E-state index contributed by atoms with van der Waals surface area (Å²) in [5.74, 6) is -1.75. The Labute approximate surface area is 191 Å². The first-order valence-electron chi connectivity index (χ1n) is 10.1. The zero-order chi connectivity index (χ0) is 24.0. The van der Waals surface area contributed by atoms with E-state index < -0.39 is 49.1 Å². The highest BCUT2D eigenvalue weighted by Crippen LogP contribution is 2.49. The minimum Gasteiger partial charge on any atom is -0.484 e. The molecule has 0 aliphatic carbocycles. The predicted octanol–water partition coefficient (Wildman–Crippen LogP) is 1.90. The standard InChI is InChI=1S/C22H22ClF3O7/c23-16-6-3-14(22-19(30)17(28)18(29)20(9-27,33-22)10-32-22)8-13(16)7-12-1-4-15(5-2-12)31-11-21(24,25)26/h1-6,8,17-19,27-30H,7,9-11H2/t17-,18-,19+,20?,22?/m0/s1. The van der Waals surface area contributed by atoms with Gasteiger partial charge in [-0.25, -0.2) is 0 Å². The second-order valence-electron chi connectivity index (χ2n) is 8.19. The van der Waals surface area contributed by atoms with Crippen LogP contribution < -0.4 is 4.74 Å². The average Bonchev–Trinajstić information content (AvgIpc) is 3.17. The van der Waals surface area contributed by atoms with Gasteiger partial charge in [0.1, 0.15) is 29.7 Å². The molecule has 4 rings (SSSR count). The van der Waals surface area contributed by atoms with E-state index in [4.69, 9.17) is 25.8 Å². The molecule has 2 aromatic rings. The van der Waals surface area contributed by atoms with Gasteiger partial charge >= 0.3 is 6.18 Å². The Hall–Kier alpha value is -1.92. The first kappa shape index (κ1) is 24.2. The quantitative estimate of drug-likeness (QED) is 0.490. The normalized spacial score (nSPS) is 31.6. The number of aliphatic hydroxyl groups is 4. The van der Waals surface area contributed by atoms with Gasteiger partial charge in [-0.15, -0.1) is 0 Å². The van der Waals surface area contributed by atoms with Crippen LogP contribution in [0.5, 0.6) is 5.75 Å². The van der Waals surface area contributed by atoms with E-state index in [1.54, 1.807) is 30.3 Å². The lowest BCUT2D eigenvalue weighted by molar-refractivity contribution is -0.329. The van der Waals surface area contributed by atoms with Crippen molar-refractivity contribution < 1.29 is 47.8 Å². The number of aliphatic hydroxyl groups excluding tert-OH is 4. The van der Waals surface area contributed by atoms with Crippen LogP contribution in [0.25, 0.3) is 0 Å². The van der Waals surface area contributed by atoms with Crippen LogP contribution in [-0.2, 0) is 21.7 Å². The first-order chi connectivity index (χ1) is 15.5. The molecule has 0 amide bonds. The van der Waals surface area contributed by atoms with Gasteiger partial charge in [-0.2, -0.15) is 13.2 Å². The molecule has 0 spiro atoms. The minimum absolute atomic E-state index is 0.0702. The van der Waals surface area contributed by atoms with Crippen molar-refractivity contribution in [2.24, 2.45) is 0 Å². The van der Waals surface area contributed by atoms with Crippen molar-refractivity contribution in [2.75, 3.05) is 19.8 Å². The zero-order valence-electron chi connectivity index (χ0n) is 17.1. The number of alkyl halides is 3. The van der Waals surface area contributed by atoms with Crippen molar-refractivity contribution in [1.29, 1.82) is 0 Å². The molecule has 2 aromatic carbocycles. The third-order valence-corrected chi connectivity index (χ3v) is 6.27. The van der Waals surface area contributed by atoms with E-state index in [-0.39, 0.29) is 18.8 Å². The van der Waals surface area contributed by atoms with E-state index in [1.807, 2.05) is 0 Å². The third kappa shape index (κ3) is 4.44. The molecule has 0 saturated carbocycles. The molecule has 5 atom stereocenters. The fourth-order valence-corrected chi connectivity index (χ4v) is 4.27. The highest BCUT2D eigenvalue weighted by molar-refractivity contribution is 6.31. The number of ether oxygens (including phenoxy) is 3. The van der Waals surface area contributed by atoms with E-state index in [0.29, 0.717) is 16.1 Å². The molecular weight excluding hydrogens is 469 g/mol. The van der Waals surface area contributed by atoms with E-state index in [0.717, 1.165) is 5.56 Å². The van der Waals surface area contributed by atoms with E-state index in [1.165, 1.54) is 12.1 Å². The fourth-order valence-electron chi connectivity index (χ4n) is 4.09. The van der Waals surface area contributed by atoms with Crippen LogP contribution in [0.2, 0.25) is 5.02 Å². The highest BCUT2D eigenvalue weighted by Gasteiger charge is 2.67. The number of benzene rings is 2. The molecule has 2 bridgehead atoms. The maximum atomic E-state index is 12.3. The molecule has 2 fully saturated rings. The van der Waals surface area contributed by atoms with Crippen molar-refractivity contribution in [3.63, 3.8) is 0 Å². The van der Waals surface area contributed by atoms with Crippen LogP contribution in [-0.4, -0.2) is 70.3 Å². The Morgan fingerprint density at radius 3 is 2.39 bits per heavy atom. The van der Waals surface area contributed by atoms with Gasteiger partial charge in [0, 0.05) is 10.6 Å². The smallest absolute Gasteiger partial charge is 0.422 e. The molecule has 2 aliphatic heterocycles. The van der Waals surface area contributed by atoms with Gasteiger partial charge in [0.15, 0.2) is 6.61 Å². The monoisotopic (exact) mass is 490 g/mol. The minimum atomic E-state index is -4.43. The van der Waals surface area contributed by atoms with Crippen LogP contribution >= 0.6 is 11.6 Å². The van der Waals surface area contributed by atoms with Gasteiger partial charge in [-0.3, -0.25) is 0 Å². The largest absolute Gasteiger partial charge is 0.484 e. The molecule has 7 nitrogen and oxygen atoms in total. The fraction of sp³-hybridized carbons (Fsp3) is 0.455. The lowest BCUT2D eigenvalue weighted by Crippen LogP contribution is -2.65. The molecule has 180 valence electrons. The van der Waals surface area contributed by atoms with Gasteiger partial charge in [0.05, 0.1) is 13.2 Å². The molecule has 0 radical (unpaired) electrons. The van der Waals surface area contributed by atoms with E-state index >= 15 is 0 Å². The van der Waals surface area contributed by atoms with Crippen LogP contribution in [0, 0.1) is 0 Å². The highest BCUT2D eigenvalue weighted by atomic mass is 35.5. The second kappa shape index (κ2) is 8.70. The topological polar surface area (TPSA) is 109 Å². The summed E-state index contributed by atoms with van der Waals surface area (Å²) in [6.07, 6.45) is -8.98. The third-order valence-electron chi connectivity index (χ3n) is 5.90. The lowest BCUT2D eigenvalue weighted by atomic mass is 9.83. The second-order valence-corrected chi connectivity index (χ2v) is 8.60. The van der Waals surface area contributed by atoms with Crippen LogP contribution in [0.4, 0.5) is 13.2 Å². The Morgan fingerprint density at radius 1 is 1.06 bits per heavy atom. The van der Waals surface area contributed by atoms with Gasteiger partial charge in [0.2, 0.25) is 5.79 Å². The molecular formula is C22H22ClF3O7. The molecule has 2 unspecified atom stereocenters. The molecule has 2 saturated heterocycles. The Kier molecular flexibility index (Phi) is 6.38. The summed E-state index contributed by atoms with van der Waals surface area (Å²) in [5.41, 5.74) is 0.0448. The molecule has 2 heterocycles. The number of hydrogen-bond acceptors (Lipinski definition) is 7. The Bertz CT molecular complexity index is 1000. The van der Waals surface area contributed by atoms with Gasteiger partial charge in [-0.05, 0) is 41.8 Å². The molecule has 11 heteroatoms. The van der Waals surface area contributed by atoms with E-state index in [2.05, 4.69) is 0 Å². The van der Waals surface area contributed by atoms with Gasteiger partial charge in [-0.1, -0.05) is 29.8 Å². The van der Waals surface area contributed by atoms with Gasteiger partial charge < -0.3 is 34.6 Å². The summed E-state index contributed by atoms with van der Waals surface area (Å²) >= 11 is 6.33. The van der Waals surface area contributed by atoms with Crippen LogP contribution in [0.15, 0.2) is 42.5 Å². The maximum Gasteiger partial charge on any atom is 0.422 e. The number of fused-ring (bicyclic) bond motifs is 2. The van der Waals surface area contributed by atoms with Crippen molar-refractivity contribution >= 4 is 11.6 Å². The van der Waals surface area contributed by atoms with E-state index in [9.17, 15) is 33.6 Å². The summed E-state index contributed by atoms with van der Waals surface area (Å²) in [4.78, 5) is 0. The van der Waals surface area contributed by atoms with Crippen molar-refractivity contribution in [3.05, 3.63) is 64.2 Å². The summed E-state index contributed by atoms with van der Waals surface area (Å²) in [7, 11) is 0. The summed E-state index contributed by atoms with van der Waals surface area (Å²) in [5, 5.41) is 41.4. The first-order valence-corrected chi connectivity index (χ1v) is 10.4. The summed E-state index contributed by atoms with van der Waals surface area (Å²) in [6, 6.07) is 10.7. The number of hydrogen-bond donors (Lipinski definition) is 4. The van der Waals surface area contributed by atoms with Crippen molar-refractivity contribution in [3.8, 4) is 5.75 Å². The summed E-state index contributed by atoms with van der Waals surface area (Å²) in [6.45, 7) is -2.28. The predicted molar refractivity (Wildman–Crippen MR) is 109 cm³/mol. The number of halogens is 4. The summed E-state index contributed by atoms with van der Waals surface area (Å²) < 4.78 is 53.2. The zero-order valence-corrected chi connectivity index (χ0v) is 17.9. The molecule has 0 aromatic heterocycles. The Balaban J connectivity index is 1.58. The Morgan fingerprint density at radius 2 is 1.76 bits per heavy atom. The van der Waals surface area contributed by atoms with Crippen molar-refractivity contribution in [2.45, 2.75) is 42.3 Å². The van der Waals surface area contributed by atoms with Crippen molar-refractivity contribution in [1.82, 2.24) is 0 Å². The van der Waals surface area contributed by atoms with Crippen LogP contribution in [0.3, 0.4) is 0 Å². The lowest BCUT2D eigenvalue weighted by Gasteiger charge is -2.46. The SMILES string of the molecule is OCC12COC(c3ccc(Cl)c(Cc4ccc(OCC(F)(F)F)cc4)c3)(O1)[C@H](O)[C@@H](O)[C@@H]2O. The maximum absolute atomic E-state index is 12.3. The number of rotatable bonds is 6. The van der Waals surface area contributed by atoms with Gasteiger partial charge in [0.25, 0.3) is 0 Å². The average molecular weight is 491 g/mol. The molecule has 33 heavy (non-hydrogen) atoms. The van der Waals surface area contributed by atoms with Crippen LogP contribution in [0.1, 0.15) is 16.7 Å². The molecule has 4 N–H and O–H groups in total. The molecule has 2 aliphatic rings.